The number of hydrogen-bond acceptors (Lipinski definition) is 4. The van der Waals surface area contributed by atoms with Crippen molar-refractivity contribution in [3.05, 3.63) is 0 Å². The molecule has 0 aromatic heterocycles. The number of rotatable bonds is 9. The van der Waals surface area contributed by atoms with E-state index in [0.717, 1.165) is 37.2 Å². The van der Waals surface area contributed by atoms with Crippen molar-refractivity contribution < 1.29 is 24.3 Å². The SMILES string of the molecule is CCCC[C@H](CN(C=O)OC1CCCCO1)C(=O)O. The molecule has 0 radical (unpaired) electrons. The summed E-state index contributed by atoms with van der Waals surface area (Å²) in [6.07, 6.45) is 5.12. The highest BCUT2D eigenvalue weighted by molar-refractivity contribution is 5.70. The topological polar surface area (TPSA) is 76.1 Å². The minimum atomic E-state index is -0.895. The minimum absolute atomic E-state index is 0.0681. The molecule has 1 aliphatic heterocycles. The normalized spacial score (nSPS) is 20.8. The molecular formula is C13H23NO5. The maximum Gasteiger partial charge on any atom is 0.308 e. The van der Waals surface area contributed by atoms with E-state index >= 15 is 0 Å². The summed E-state index contributed by atoms with van der Waals surface area (Å²) in [5, 5.41) is 10.2. The molecule has 6 nitrogen and oxygen atoms in total. The quantitative estimate of drug-likeness (QED) is 0.512. The van der Waals surface area contributed by atoms with Crippen molar-refractivity contribution in [3.63, 3.8) is 0 Å². The Kier molecular flexibility index (Phi) is 7.43. The van der Waals surface area contributed by atoms with Crippen LogP contribution < -0.4 is 0 Å². The van der Waals surface area contributed by atoms with Gasteiger partial charge in [0.2, 0.25) is 6.41 Å². The van der Waals surface area contributed by atoms with Crippen LogP contribution in [0, 0.1) is 5.92 Å². The number of hydroxylamine groups is 2. The third-order valence-corrected chi connectivity index (χ3v) is 3.16. The Morgan fingerprint density at radius 1 is 1.58 bits per heavy atom. The van der Waals surface area contributed by atoms with Crippen LogP contribution in [0.4, 0.5) is 0 Å². The average Bonchev–Trinajstić information content (AvgIpc) is 2.42. The van der Waals surface area contributed by atoms with E-state index in [0.29, 0.717) is 19.4 Å². The molecule has 1 amide bonds. The zero-order chi connectivity index (χ0) is 14.1. The van der Waals surface area contributed by atoms with Crippen LogP contribution in [0.25, 0.3) is 0 Å². The fourth-order valence-corrected chi connectivity index (χ4v) is 2.02. The van der Waals surface area contributed by atoms with Gasteiger partial charge in [-0.05, 0) is 19.3 Å². The highest BCUT2D eigenvalue weighted by Crippen LogP contribution is 2.16. The van der Waals surface area contributed by atoms with Crippen molar-refractivity contribution in [2.24, 2.45) is 5.92 Å². The van der Waals surface area contributed by atoms with Gasteiger partial charge in [-0.25, -0.2) is 9.90 Å². The Morgan fingerprint density at radius 3 is 2.89 bits per heavy atom. The molecule has 1 unspecified atom stereocenters. The van der Waals surface area contributed by atoms with E-state index in [4.69, 9.17) is 14.7 Å². The molecule has 0 aromatic carbocycles. The lowest BCUT2D eigenvalue weighted by Crippen LogP contribution is -2.37. The summed E-state index contributed by atoms with van der Waals surface area (Å²) in [4.78, 5) is 27.5. The predicted octanol–water partition coefficient (Wildman–Crippen LogP) is 1.79. The molecule has 19 heavy (non-hydrogen) atoms. The smallest absolute Gasteiger partial charge is 0.308 e. The Bertz CT molecular complexity index is 278. The molecule has 6 heteroatoms. The van der Waals surface area contributed by atoms with Crippen LogP contribution >= 0.6 is 0 Å². The first-order valence-corrected chi connectivity index (χ1v) is 6.90. The predicted molar refractivity (Wildman–Crippen MR) is 68.1 cm³/mol. The summed E-state index contributed by atoms with van der Waals surface area (Å²) in [5.41, 5.74) is 0. The van der Waals surface area contributed by atoms with E-state index in [2.05, 4.69) is 0 Å². The molecule has 0 bridgehead atoms. The molecular weight excluding hydrogens is 250 g/mol. The lowest BCUT2D eigenvalue weighted by molar-refractivity contribution is -0.276. The van der Waals surface area contributed by atoms with Crippen molar-refractivity contribution in [2.75, 3.05) is 13.2 Å². The van der Waals surface area contributed by atoms with Gasteiger partial charge in [-0.3, -0.25) is 9.59 Å². The van der Waals surface area contributed by atoms with Gasteiger partial charge < -0.3 is 9.84 Å². The summed E-state index contributed by atoms with van der Waals surface area (Å²) < 4.78 is 5.36. The molecule has 0 spiro atoms. The van der Waals surface area contributed by atoms with Gasteiger partial charge in [0.25, 0.3) is 0 Å². The fraction of sp³-hybridized carbons (Fsp3) is 0.846. The molecule has 0 saturated carbocycles. The third kappa shape index (κ3) is 6.02. The number of ether oxygens (including phenoxy) is 1. The lowest BCUT2D eigenvalue weighted by Gasteiger charge is -2.28. The van der Waals surface area contributed by atoms with Crippen molar-refractivity contribution in [2.45, 2.75) is 51.7 Å². The molecule has 1 rings (SSSR count). The van der Waals surface area contributed by atoms with Crippen LogP contribution in [0.3, 0.4) is 0 Å². The van der Waals surface area contributed by atoms with Gasteiger partial charge in [-0.1, -0.05) is 19.8 Å². The van der Waals surface area contributed by atoms with Crippen LogP contribution in [-0.2, 0) is 19.2 Å². The third-order valence-electron chi connectivity index (χ3n) is 3.16. The molecule has 1 saturated heterocycles. The monoisotopic (exact) mass is 273 g/mol. The van der Waals surface area contributed by atoms with Gasteiger partial charge in [-0.2, -0.15) is 0 Å². The first kappa shape index (κ1) is 15.9. The van der Waals surface area contributed by atoms with E-state index in [-0.39, 0.29) is 6.54 Å². The maximum absolute atomic E-state index is 11.1. The van der Waals surface area contributed by atoms with Crippen molar-refractivity contribution in [1.29, 1.82) is 0 Å². The zero-order valence-electron chi connectivity index (χ0n) is 11.4. The lowest BCUT2D eigenvalue weighted by atomic mass is 10.0. The van der Waals surface area contributed by atoms with Crippen LogP contribution in [-0.4, -0.2) is 42.0 Å². The molecule has 0 aromatic rings. The van der Waals surface area contributed by atoms with E-state index in [1.54, 1.807) is 0 Å². The van der Waals surface area contributed by atoms with Gasteiger partial charge >= 0.3 is 5.97 Å². The van der Waals surface area contributed by atoms with Crippen LogP contribution in [0.1, 0.15) is 45.4 Å². The Morgan fingerprint density at radius 2 is 2.37 bits per heavy atom. The number of carbonyl (C=O) groups is 2. The molecule has 1 heterocycles. The summed E-state index contributed by atoms with van der Waals surface area (Å²) in [7, 11) is 0. The van der Waals surface area contributed by atoms with Crippen LogP contribution in [0.5, 0.6) is 0 Å². The molecule has 110 valence electrons. The Balaban J connectivity index is 2.43. The van der Waals surface area contributed by atoms with Crippen molar-refractivity contribution in [3.8, 4) is 0 Å². The Labute approximate surface area is 113 Å². The highest BCUT2D eigenvalue weighted by atomic mass is 16.8. The van der Waals surface area contributed by atoms with E-state index in [1.165, 1.54) is 0 Å². The summed E-state index contributed by atoms with van der Waals surface area (Å²) >= 11 is 0. The zero-order valence-corrected chi connectivity index (χ0v) is 11.4. The minimum Gasteiger partial charge on any atom is -0.481 e. The molecule has 0 aliphatic carbocycles. The van der Waals surface area contributed by atoms with E-state index in [9.17, 15) is 9.59 Å². The molecule has 2 atom stereocenters. The van der Waals surface area contributed by atoms with Gasteiger partial charge in [0, 0.05) is 13.0 Å². The Hall–Kier alpha value is -1.14. The number of aliphatic carboxylic acids is 1. The van der Waals surface area contributed by atoms with Crippen molar-refractivity contribution in [1.82, 2.24) is 5.06 Å². The fourth-order valence-electron chi connectivity index (χ4n) is 2.02. The second kappa shape index (κ2) is 8.87. The van der Waals surface area contributed by atoms with E-state index < -0.39 is 18.2 Å². The average molecular weight is 273 g/mol. The highest BCUT2D eigenvalue weighted by Gasteiger charge is 2.24. The maximum atomic E-state index is 11.1. The van der Waals surface area contributed by atoms with E-state index in [1.807, 2.05) is 6.92 Å². The largest absolute Gasteiger partial charge is 0.481 e. The first-order chi connectivity index (χ1) is 9.17. The van der Waals surface area contributed by atoms with Gasteiger partial charge in [0.1, 0.15) is 0 Å². The molecule has 1 N–H and O–H groups in total. The molecule has 1 aliphatic rings. The van der Waals surface area contributed by atoms with Crippen LogP contribution in [0.2, 0.25) is 0 Å². The number of nitrogens with zero attached hydrogens (tertiary/aromatic N) is 1. The van der Waals surface area contributed by atoms with Gasteiger partial charge in [0.15, 0.2) is 6.29 Å². The number of hydrogen-bond donors (Lipinski definition) is 1. The molecule has 1 fully saturated rings. The number of carbonyl (C=O) groups excluding carboxylic acids is 1. The first-order valence-electron chi connectivity index (χ1n) is 6.90. The summed E-state index contributed by atoms with van der Waals surface area (Å²) in [5.74, 6) is -1.48. The van der Waals surface area contributed by atoms with Crippen molar-refractivity contribution >= 4 is 12.4 Å². The number of carboxylic acids is 1. The van der Waals surface area contributed by atoms with Gasteiger partial charge in [0.05, 0.1) is 12.5 Å². The number of unbranched alkanes of at least 4 members (excludes halogenated alkanes) is 1. The standard InChI is InChI=1S/C13H23NO5/c1-2-3-6-11(13(16)17)9-14(10-15)19-12-7-4-5-8-18-12/h10-12H,2-9H2,1H3,(H,16,17)/t11-,12?/m1/s1. The summed E-state index contributed by atoms with van der Waals surface area (Å²) in [6.45, 7) is 2.69. The second-order valence-electron chi connectivity index (χ2n) is 4.78. The number of amides is 1. The number of carboxylic acid groups (broad SMARTS) is 1. The van der Waals surface area contributed by atoms with Crippen LogP contribution in [0.15, 0.2) is 0 Å². The van der Waals surface area contributed by atoms with Gasteiger partial charge in [-0.15, -0.1) is 0 Å². The summed E-state index contributed by atoms with van der Waals surface area (Å²) in [6, 6.07) is 0. The second-order valence-corrected chi connectivity index (χ2v) is 4.78.